The number of ether oxygens (including phenoxy) is 2. The maximum absolute atomic E-state index is 11.7. The fourth-order valence-electron chi connectivity index (χ4n) is 2.38. The van der Waals surface area contributed by atoms with E-state index in [9.17, 15) is 4.79 Å². The number of carbonyl (C=O) groups is 1. The zero-order valence-corrected chi connectivity index (χ0v) is 16.2. The minimum Gasteiger partial charge on any atom is -0.497 e. The molecule has 0 atom stereocenters. The molecule has 8 nitrogen and oxygen atoms in total. The summed E-state index contributed by atoms with van der Waals surface area (Å²) in [6.45, 7) is 1.63. The molecule has 1 heterocycles. The Balaban J connectivity index is 1.42. The molecule has 2 aromatic carbocycles. The largest absolute Gasteiger partial charge is 0.497 e. The predicted molar refractivity (Wildman–Crippen MR) is 105 cm³/mol. The molecule has 0 bridgehead atoms. The molecular weight excluding hydrogens is 374 g/mol. The maximum Gasteiger partial charge on any atom is 0.347 e. The molecular formula is C21H21N3O5. The lowest BCUT2D eigenvalue weighted by Gasteiger charge is -2.01. The second-order valence-electron chi connectivity index (χ2n) is 6.00. The second kappa shape index (κ2) is 10.0. The van der Waals surface area contributed by atoms with Crippen molar-refractivity contribution in [3.63, 3.8) is 0 Å². The van der Waals surface area contributed by atoms with E-state index in [4.69, 9.17) is 18.8 Å². The van der Waals surface area contributed by atoms with E-state index in [2.05, 4.69) is 22.2 Å². The first kappa shape index (κ1) is 20.1. The third-order valence-electron chi connectivity index (χ3n) is 4.02. The van der Waals surface area contributed by atoms with Gasteiger partial charge in [-0.2, -0.15) is 4.98 Å². The van der Waals surface area contributed by atoms with Crippen molar-refractivity contribution in [2.24, 2.45) is 5.16 Å². The van der Waals surface area contributed by atoms with Crippen LogP contribution in [-0.4, -0.2) is 36.0 Å². The van der Waals surface area contributed by atoms with Crippen molar-refractivity contribution in [3.8, 4) is 17.1 Å². The van der Waals surface area contributed by atoms with Gasteiger partial charge in [-0.05, 0) is 41.8 Å². The summed E-state index contributed by atoms with van der Waals surface area (Å²) in [6, 6.07) is 15.1. The topological polar surface area (TPSA) is 96.0 Å². The summed E-state index contributed by atoms with van der Waals surface area (Å²) in [5, 5.41) is 7.63. The standard InChI is InChI=1S/C21H21N3O5/c1-3-15-4-8-17(9-5-15)21-23-19(29-24-21)13-27-20(25)14-28-22-12-16-6-10-18(26-2)11-7-16/h4-12H,3,13-14H2,1-2H3/b22-12-. The normalized spacial score (nSPS) is 10.8. The summed E-state index contributed by atoms with van der Waals surface area (Å²) in [6.07, 6.45) is 2.45. The Bertz CT molecular complexity index is 949. The molecule has 0 fully saturated rings. The molecule has 3 rings (SSSR count). The molecule has 0 spiro atoms. The Morgan fingerprint density at radius 2 is 1.90 bits per heavy atom. The number of carbonyl (C=O) groups excluding carboxylic acids is 1. The van der Waals surface area contributed by atoms with Crippen molar-refractivity contribution >= 4 is 12.2 Å². The molecule has 0 aliphatic carbocycles. The van der Waals surface area contributed by atoms with Gasteiger partial charge < -0.3 is 18.8 Å². The van der Waals surface area contributed by atoms with Crippen LogP contribution in [0.4, 0.5) is 0 Å². The van der Waals surface area contributed by atoms with Crippen LogP contribution in [0.15, 0.2) is 58.2 Å². The Morgan fingerprint density at radius 1 is 1.14 bits per heavy atom. The average molecular weight is 395 g/mol. The Labute approximate surface area is 168 Å². The molecule has 0 saturated heterocycles. The summed E-state index contributed by atoms with van der Waals surface area (Å²) in [7, 11) is 1.59. The molecule has 29 heavy (non-hydrogen) atoms. The highest BCUT2D eigenvalue weighted by molar-refractivity contribution is 5.79. The van der Waals surface area contributed by atoms with E-state index in [0.717, 1.165) is 23.3 Å². The number of benzene rings is 2. The number of hydrogen-bond donors (Lipinski definition) is 0. The number of hydrogen-bond acceptors (Lipinski definition) is 8. The summed E-state index contributed by atoms with van der Waals surface area (Å²) in [5.74, 6) is 0.798. The zero-order chi connectivity index (χ0) is 20.5. The minimum atomic E-state index is -0.594. The number of oxime groups is 1. The lowest BCUT2D eigenvalue weighted by molar-refractivity contribution is -0.151. The van der Waals surface area contributed by atoms with Crippen molar-refractivity contribution < 1.29 is 23.6 Å². The van der Waals surface area contributed by atoms with Crippen LogP contribution in [0.2, 0.25) is 0 Å². The fraction of sp³-hybridized carbons (Fsp3) is 0.238. The van der Waals surface area contributed by atoms with Crippen molar-refractivity contribution in [2.45, 2.75) is 20.0 Å². The highest BCUT2D eigenvalue weighted by Crippen LogP contribution is 2.17. The first-order valence-electron chi connectivity index (χ1n) is 9.05. The van der Waals surface area contributed by atoms with E-state index in [-0.39, 0.29) is 19.1 Å². The van der Waals surface area contributed by atoms with Gasteiger partial charge in [-0.15, -0.1) is 0 Å². The number of esters is 1. The number of rotatable bonds is 9. The van der Waals surface area contributed by atoms with Crippen LogP contribution in [0.25, 0.3) is 11.4 Å². The molecule has 8 heteroatoms. The molecule has 0 aliphatic heterocycles. The van der Waals surface area contributed by atoms with E-state index in [1.807, 2.05) is 36.4 Å². The molecule has 0 aliphatic rings. The van der Waals surface area contributed by atoms with Crippen LogP contribution in [0.3, 0.4) is 0 Å². The van der Waals surface area contributed by atoms with Crippen LogP contribution in [0, 0.1) is 0 Å². The van der Waals surface area contributed by atoms with Gasteiger partial charge in [-0.3, -0.25) is 0 Å². The molecule has 150 valence electrons. The Kier molecular flexibility index (Phi) is 6.94. The van der Waals surface area contributed by atoms with E-state index in [0.29, 0.717) is 5.82 Å². The number of nitrogens with zero attached hydrogens (tertiary/aromatic N) is 3. The SMILES string of the molecule is CCc1ccc(-c2noc(COC(=O)CO/N=C\c3ccc(OC)cc3)n2)cc1. The van der Waals surface area contributed by atoms with Gasteiger partial charge in [-0.1, -0.05) is 41.5 Å². The third kappa shape index (κ3) is 5.90. The summed E-state index contributed by atoms with van der Waals surface area (Å²) < 4.78 is 15.2. The van der Waals surface area contributed by atoms with E-state index < -0.39 is 5.97 Å². The molecule has 0 amide bonds. The van der Waals surface area contributed by atoms with Crippen LogP contribution < -0.4 is 4.74 Å². The molecule has 0 unspecified atom stereocenters. The number of aromatic nitrogens is 2. The van der Waals surface area contributed by atoms with Gasteiger partial charge in [0.25, 0.3) is 5.89 Å². The van der Waals surface area contributed by atoms with Gasteiger partial charge in [0.15, 0.2) is 6.61 Å². The quantitative estimate of drug-likeness (QED) is 0.311. The van der Waals surface area contributed by atoms with Crippen molar-refractivity contribution in [3.05, 3.63) is 65.5 Å². The second-order valence-corrected chi connectivity index (χ2v) is 6.00. The van der Waals surface area contributed by atoms with Crippen LogP contribution in [-0.2, 0) is 27.4 Å². The molecule has 3 aromatic rings. The lowest BCUT2D eigenvalue weighted by Crippen LogP contribution is -2.11. The monoisotopic (exact) mass is 395 g/mol. The Hall–Kier alpha value is -3.68. The van der Waals surface area contributed by atoms with Crippen LogP contribution >= 0.6 is 0 Å². The van der Waals surface area contributed by atoms with Gasteiger partial charge in [-0.25, -0.2) is 4.79 Å². The maximum atomic E-state index is 11.7. The average Bonchev–Trinajstić information content (AvgIpc) is 3.25. The van der Waals surface area contributed by atoms with Crippen molar-refractivity contribution in [2.75, 3.05) is 13.7 Å². The van der Waals surface area contributed by atoms with Gasteiger partial charge in [0.1, 0.15) is 5.75 Å². The smallest absolute Gasteiger partial charge is 0.347 e. The first-order chi connectivity index (χ1) is 14.2. The van der Waals surface area contributed by atoms with E-state index in [1.54, 1.807) is 19.2 Å². The first-order valence-corrected chi connectivity index (χ1v) is 9.05. The predicted octanol–water partition coefficient (Wildman–Crippen LogP) is 3.40. The van der Waals surface area contributed by atoms with Crippen molar-refractivity contribution in [1.82, 2.24) is 10.1 Å². The molecule has 1 aromatic heterocycles. The fourth-order valence-corrected chi connectivity index (χ4v) is 2.38. The summed E-state index contributed by atoms with van der Waals surface area (Å²) in [4.78, 5) is 20.9. The molecule has 0 saturated carbocycles. The van der Waals surface area contributed by atoms with Gasteiger partial charge >= 0.3 is 5.97 Å². The Morgan fingerprint density at radius 3 is 2.59 bits per heavy atom. The summed E-state index contributed by atoms with van der Waals surface area (Å²) >= 11 is 0. The van der Waals surface area contributed by atoms with Gasteiger partial charge in [0.05, 0.1) is 13.3 Å². The molecule has 0 N–H and O–H groups in total. The zero-order valence-electron chi connectivity index (χ0n) is 16.2. The highest BCUT2D eigenvalue weighted by Gasteiger charge is 2.11. The molecule has 0 radical (unpaired) electrons. The minimum absolute atomic E-state index is 0.134. The van der Waals surface area contributed by atoms with Crippen LogP contribution in [0.1, 0.15) is 23.9 Å². The van der Waals surface area contributed by atoms with Crippen molar-refractivity contribution in [1.29, 1.82) is 0 Å². The lowest BCUT2D eigenvalue weighted by atomic mass is 10.1. The number of aryl methyl sites for hydroxylation is 1. The van der Waals surface area contributed by atoms with Crippen LogP contribution in [0.5, 0.6) is 5.75 Å². The van der Waals surface area contributed by atoms with Gasteiger partial charge in [0, 0.05) is 5.56 Å². The van der Waals surface area contributed by atoms with E-state index >= 15 is 0 Å². The summed E-state index contributed by atoms with van der Waals surface area (Å²) in [5.41, 5.74) is 2.87. The highest BCUT2D eigenvalue weighted by atomic mass is 16.7. The number of methoxy groups -OCH3 is 1. The van der Waals surface area contributed by atoms with E-state index in [1.165, 1.54) is 11.8 Å². The third-order valence-corrected chi connectivity index (χ3v) is 4.02. The van der Waals surface area contributed by atoms with Gasteiger partial charge in [0.2, 0.25) is 12.4 Å².